The summed E-state index contributed by atoms with van der Waals surface area (Å²) >= 11 is 5.60. The number of hydrogen-bond acceptors (Lipinski definition) is 1. The molecule has 2 nitrogen and oxygen atoms in total. The maximum Gasteiger partial charge on any atom is 0.166 e. The second kappa shape index (κ2) is 5.40. The van der Waals surface area contributed by atoms with Crippen molar-refractivity contribution in [2.75, 3.05) is 0 Å². The average Bonchev–Trinajstić information content (AvgIpc) is 2.89. The summed E-state index contributed by atoms with van der Waals surface area (Å²) in [5.41, 5.74) is 0.552. The Balaban J connectivity index is 1.38. The molecule has 0 spiro atoms. The molecule has 0 aromatic carbocycles. The summed E-state index contributed by atoms with van der Waals surface area (Å²) in [6, 6.07) is 1.18. The zero-order chi connectivity index (χ0) is 14.4. The van der Waals surface area contributed by atoms with Crippen molar-refractivity contribution >= 4 is 17.3 Å². The van der Waals surface area contributed by atoms with E-state index in [0.717, 1.165) is 22.9 Å². The summed E-state index contributed by atoms with van der Waals surface area (Å²) in [5.74, 6) is 3.07. The van der Waals surface area contributed by atoms with Crippen molar-refractivity contribution < 1.29 is 0 Å². The van der Waals surface area contributed by atoms with Crippen molar-refractivity contribution in [3.8, 4) is 0 Å². The first kappa shape index (κ1) is 14.3. The SMILES string of the molecule is C[C@H](NC(=S)NC1CCCC1)C12CC3CC(CC(C3)C1)C2. The lowest BCUT2D eigenvalue weighted by Crippen LogP contribution is -2.57. The van der Waals surface area contributed by atoms with E-state index in [0.29, 0.717) is 17.5 Å². The highest BCUT2D eigenvalue weighted by Gasteiger charge is 2.53. The molecule has 0 aromatic rings. The third kappa shape index (κ3) is 2.71. The molecule has 0 aliphatic heterocycles. The molecule has 118 valence electrons. The van der Waals surface area contributed by atoms with Gasteiger partial charge in [-0.15, -0.1) is 0 Å². The summed E-state index contributed by atoms with van der Waals surface area (Å²) in [4.78, 5) is 0. The minimum atomic E-state index is 0.548. The van der Waals surface area contributed by atoms with Crippen molar-refractivity contribution in [1.29, 1.82) is 0 Å². The van der Waals surface area contributed by atoms with Crippen LogP contribution in [-0.2, 0) is 0 Å². The Morgan fingerprint density at radius 2 is 1.52 bits per heavy atom. The van der Waals surface area contributed by atoms with E-state index in [-0.39, 0.29) is 0 Å². The molecule has 0 heterocycles. The quantitative estimate of drug-likeness (QED) is 0.771. The maximum absolute atomic E-state index is 5.60. The molecular formula is C18H30N2S. The molecule has 0 saturated heterocycles. The molecule has 0 amide bonds. The Hall–Kier alpha value is -0.310. The molecule has 1 atom stereocenters. The summed E-state index contributed by atoms with van der Waals surface area (Å²) < 4.78 is 0. The smallest absolute Gasteiger partial charge is 0.166 e. The molecule has 21 heavy (non-hydrogen) atoms. The molecule has 5 aliphatic carbocycles. The lowest BCUT2D eigenvalue weighted by atomic mass is 9.48. The zero-order valence-corrected chi connectivity index (χ0v) is 14.2. The van der Waals surface area contributed by atoms with Gasteiger partial charge in [-0.2, -0.15) is 0 Å². The Bertz CT molecular complexity index is 378. The Labute approximate surface area is 134 Å². The first-order valence-electron chi connectivity index (χ1n) is 9.20. The third-order valence-electron chi connectivity index (χ3n) is 7.04. The topological polar surface area (TPSA) is 24.1 Å². The van der Waals surface area contributed by atoms with Crippen molar-refractivity contribution in [3.63, 3.8) is 0 Å². The molecule has 5 aliphatic rings. The lowest BCUT2D eigenvalue weighted by molar-refractivity contribution is -0.0672. The van der Waals surface area contributed by atoms with Crippen LogP contribution in [0.25, 0.3) is 0 Å². The highest BCUT2D eigenvalue weighted by atomic mass is 32.1. The van der Waals surface area contributed by atoms with Gasteiger partial charge in [0.05, 0.1) is 0 Å². The predicted octanol–water partition coefficient (Wildman–Crippen LogP) is 4.00. The van der Waals surface area contributed by atoms with Crippen molar-refractivity contribution in [2.24, 2.45) is 23.2 Å². The van der Waals surface area contributed by atoms with Gasteiger partial charge in [-0.05, 0) is 93.7 Å². The lowest BCUT2D eigenvalue weighted by Gasteiger charge is -2.59. The van der Waals surface area contributed by atoms with Gasteiger partial charge in [0, 0.05) is 12.1 Å². The fourth-order valence-electron chi connectivity index (χ4n) is 6.35. The fourth-order valence-corrected chi connectivity index (χ4v) is 6.70. The number of rotatable bonds is 3. The van der Waals surface area contributed by atoms with Gasteiger partial charge in [-0.1, -0.05) is 12.8 Å². The van der Waals surface area contributed by atoms with Crippen molar-refractivity contribution in [3.05, 3.63) is 0 Å². The monoisotopic (exact) mass is 306 g/mol. The van der Waals surface area contributed by atoms with E-state index in [1.54, 1.807) is 0 Å². The standard InChI is InChI=1S/C18H30N2S/c1-12(19-17(21)20-16-4-2-3-5-16)18-9-13-6-14(10-18)8-15(7-13)11-18/h12-16H,2-11H2,1H3,(H2,19,20,21)/t12-,13?,14?,15?,18?/m0/s1. The first-order chi connectivity index (χ1) is 10.1. The van der Waals surface area contributed by atoms with Crippen LogP contribution in [0.4, 0.5) is 0 Å². The highest BCUT2D eigenvalue weighted by molar-refractivity contribution is 7.80. The Kier molecular flexibility index (Phi) is 3.68. The van der Waals surface area contributed by atoms with Crippen LogP contribution < -0.4 is 10.6 Å². The van der Waals surface area contributed by atoms with Gasteiger partial charge in [-0.25, -0.2) is 0 Å². The van der Waals surface area contributed by atoms with Gasteiger partial charge in [-0.3, -0.25) is 0 Å². The predicted molar refractivity (Wildman–Crippen MR) is 91.2 cm³/mol. The minimum absolute atomic E-state index is 0.548. The van der Waals surface area contributed by atoms with Crippen molar-refractivity contribution in [1.82, 2.24) is 10.6 Å². The van der Waals surface area contributed by atoms with E-state index in [9.17, 15) is 0 Å². The number of thiocarbonyl (C=S) groups is 1. The summed E-state index contributed by atoms with van der Waals surface area (Å²) in [7, 11) is 0. The van der Waals surface area contributed by atoms with Crippen LogP contribution in [0.1, 0.15) is 71.1 Å². The van der Waals surface area contributed by atoms with Gasteiger partial charge >= 0.3 is 0 Å². The molecule has 5 fully saturated rings. The van der Waals surface area contributed by atoms with E-state index in [4.69, 9.17) is 12.2 Å². The van der Waals surface area contributed by atoms with Gasteiger partial charge in [0.2, 0.25) is 0 Å². The van der Waals surface area contributed by atoms with Crippen LogP contribution in [0, 0.1) is 23.2 Å². The largest absolute Gasteiger partial charge is 0.360 e. The number of nitrogens with one attached hydrogen (secondary N) is 2. The first-order valence-corrected chi connectivity index (χ1v) is 9.61. The van der Waals surface area contributed by atoms with E-state index < -0.39 is 0 Å². The second-order valence-electron chi connectivity index (χ2n) is 8.60. The number of hydrogen-bond donors (Lipinski definition) is 2. The molecule has 3 heteroatoms. The summed E-state index contributed by atoms with van der Waals surface area (Å²) in [6.07, 6.45) is 14.3. The Morgan fingerprint density at radius 3 is 2.05 bits per heavy atom. The molecule has 0 unspecified atom stereocenters. The van der Waals surface area contributed by atoms with Gasteiger partial charge in [0.15, 0.2) is 5.11 Å². The van der Waals surface area contributed by atoms with Crippen LogP contribution in [0.15, 0.2) is 0 Å². The van der Waals surface area contributed by atoms with Gasteiger partial charge < -0.3 is 10.6 Å². The van der Waals surface area contributed by atoms with Crippen LogP contribution in [0.5, 0.6) is 0 Å². The van der Waals surface area contributed by atoms with Crippen LogP contribution >= 0.6 is 12.2 Å². The Morgan fingerprint density at radius 1 is 1.00 bits per heavy atom. The third-order valence-corrected chi connectivity index (χ3v) is 7.28. The molecule has 0 aromatic heterocycles. The molecule has 5 rings (SSSR count). The highest BCUT2D eigenvalue weighted by Crippen LogP contribution is 2.61. The van der Waals surface area contributed by atoms with E-state index in [1.165, 1.54) is 64.2 Å². The molecule has 0 radical (unpaired) electrons. The minimum Gasteiger partial charge on any atom is -0.360 e. The van der Waals surface area contributed by atoms with Crippen LogP contribution in [0.3, 0.4) is 0 Å². The molecular weight excluding hydrogens is 276 g/mol. The normalized spacial score (nSPS) is 43.0. The summed E-state index contributed by atoms with van der Waals surface area (Å²) in [5, 5.41) is 8.17. The van der Waals surface area contributed by atoms with Crippen LogP contribution in [-0.4, -0.2) is 17.2 Å². The van der Waals surface area contributed by atoms with Gasteiger partial charge in [0.25, 0.3) is 0 Å². The zero-order valence-electron chi connectivity index (χ0n) is 13.4. The van der Waals surface area contributed by atoms with E-state index in [2.05, 4.69) is 17.6 Å². The van der Waals surface area contributed by atoms with Gasteiger partial charge in [0.1, 0.15) is 0 Å². The van der Waals surface area contributed by atoms with Crippen LogP contribution in [0.2, 0.25) is 0 Å². The van der Waals surface area contributed by atoms with E-state index in [1.807, 2.05) is 0 Å². The second-order valence-corrected chi connectivity index (χ2v) is 9.01. The average molecular weight is 307 g/mol. The molecule has 2 N–H and O–H groups in total. The molecule has 5 saturated carbocycles. The van der Waals surface area contributed by atoms with Crippen molar-refractivity contribution in [2.45, 2.75) is 83.2 Å². The molecule has 4 bridgehead atoms. The summed E-state index contributed by atoms with van der Waals surface area (Å²) in [6.45, 7) is 2.40. The fraction of sp³-hybridized carbons (Fsp3) is 0.944. The maximum atomic E-state index is 5.60. The van der Waals surface area contributed by atoms with E-state index >= 15 is 0 Å².